The van der Waals surface area contributed by atoms with Crippen molar-refractivity contribution in [1.29, 1.82) is 0 Å². The van der Waals surface area contributed by atoms with Gasteiger partial charge in [0.25, 0.3) is 0 Å². The molecule has 1 aliphatic carbocycles. The van der Waals surface area contributed by atoms with E-state index in [4.69, 9.17) is 5.73 Å². The molecule has 19 heavy (non-hydrogen) atoms. The molecule has 1 aromatic rings. The molecule has 0 amide bonds. The highest BCUT2D eigenvalue weighted by Gasteiger charge is 2.59. The van der Waals surface area contributed by atoms with Crippen molar-refractivity contribution in [1.82, 2.24) is 0 Å². The van der Waals surface area contributed by atoms with Gasteiger partial charge in [0.2, 0.25) is 11.7 Å². The number of halogens is 7. The Morgan fingerprint density at radius 1 is 0.789 bits per heavy atom. The lowest BCUT2D eigenvalue weighted by Gasteiger charge is -2.47. The summed E-state index contributed by atoms with van der Waals surface area (Å²) in [6.07, 6.45) is -2.09. The molecule has 0 aliphatic heterocycles. The number of hydrogen-bond donors (Lipinski definition) is 1. The fourth-order valence-corrected chi connectivity index (χ4v) is 2.43. The van der Waals surface area contributed by atoms with Gasteiger partial charge in [0.1, 0.15) is 0 Å². The summed E-state index contributed by atoms with van der Waals surface area (Å²) in [7, 11) is 0. The Kier molecular flexibility index (Phi) is 3.04. The van der Waals surface area contributed by atoms with Gasteiger partial charge in [-0.15, -0.1) is 0 Å². The summed E-state index contributed by atoms with van der Waals surface area (Å²) in [6, 6.07) is 0. The third-order valence-corrected chi connectivity index (χ3v) is 3.32. The first-order valence-corrected chi connectivity index (χ1v) is 5.25. The van der Waals surface area contributed by atoms with E-state index in [2.05, 4.69) is 0 Å². The van der Waals surface area contributed by atoms with Crippen molar-refractivity contribution in [2.75, 3.05) is 6.54 Å². The minimum Gasteiger partial charge on any atom is -0.330 e. The normalized spacial score (nSPS) is 20.2. The number of alkyl halides is 2. The van der Waals surface area contributed by atoms with E-state index in [0.29, 0.717) is 0 Å². The molecule has 0 atom stereocenters. The van der Waals surface area contributed by atoms with E-state index >= 15 is 0 Å². The van der Waals surface area contributed by atoms with E-state index < -0.39 is 65.4 Å². The monoisotopic (exact) mass is 287 g/mol. The quantitative estimate of drug-likeness (QED) is 0.505. The Morgan fingerprint density at radius 3 is 1.47 bits per heavy atom. The summed E-state index contributed by atoms with van der Waals surface area (Å²) < 4.78 is 91.8. The second-order valence-corrected chi connectivity index (χ2v) is 4.64. The highest BCUT2D eigenvalue weighted by molar-refractivity contribution is 5.35. The van der Waals surface area contributed by atoms with Crippen molar-refractivity contribution < 1.29 is 30.7 Å². The van der Waals surface area contributed by atoms with Crippen molar-refractivity contribution in [3.63, 3.8) is 0 Å². The van der Waals surface area contributed by atoms with Crippen LogP contribution in [0, 0.1) is 29.1 Å². The summed E-state index contributed by atoms with van der Waals surface area (Å²) in [6.45, 7) is -0.638. The predicted octanol–water partition coefficient (Wildman–Crippen LogP) is 3.01. The van der Waals surface area contributed by atoms with Crippen molar-refractivity contribution >= 4 is 0 Å². The zero-order valence-electron chi connectivity index (χ0n) is 9.34. The first-order chi connectivity index (χ1) is 8.65. The van der Waals surface area contributed by atoms with E-state index in [1.807, 2.05) is 0 Å². The molecule has 0 saturated heterocycles. The molecule has 0 heterocycles. The maximum absolute atomic E-state index is 13.5. The lowest BCUT2D eigenvalue weighted by molar-refractivity contribution is -0.125. The summed E-state index contributed by atoms with van der Waals surface area (Å²) in [5.74, 6) is -14.1. The topological polar surface area (TPSA) is 26.0 Å². The smallest absolute Gasteiger partial charge is 0.250 e. The van der Waals surface area contributed by atoms with Crippen LogP contribution in [0.15, 0.2) is 0 Å². The fourth-order valence-electron chi connectivity index (χ4n) is 2.43. The van der Waals surface area contributed by atoms with Crippen molar-refractivity contribution in [2.45, 2.75) is 24.2 Å². The lowest BCUT2D eigenvalue weighted by atomic mass is 9.61. The van der Waals surface area contributed by atoms with Crippen molar-refractivity contribution in [3.8, 4) is 0 Å². The van der Waals surface area contributed by atoms with Crippen LogP contribution < -0.4 is 5.73 Å². The first kappa shape index (κ1) is 14.1. The van der Waals surface area contributed by atoms with Crippen LogP contribution in [0.5, 0.6) is 0 Å². The van der Waals surface area contributed by atoms with E-state index in [1.54, 1.807) is 0 Å². The Bertz CT molecular complexity index is 503. The van der Waals surface area contributed by atoms with Gasteiger partial charge in [0.15, 0.2) is 23.3 Å². The molecule has 0 aromatic heterocycles. The van der Waals surface area contributed by atoms with Crippen LogP contribution in [-0.2, 0) is 5.41 Å². The SMILES string of the molecule is NCC1(c2c(F)c(F)c(F)c(F)c2F)CC(F)(F)C1. The van der Waals surface area contributed by atoms with Crippen LogP contribution in [0.25, 0.3) is 0 Å². The van der Waals surface area contributed by atoms with Crippen LogP contribution in [-0.4, -0.2) is 12.5 Å². The van der Waals surface area contributed by atoms with Crippen molar-refractivity contribution in [3.05, 3.63) is 34.6 Å². The molecule has 2 N–H and O–H groups in total. The summed E-state index contributed by atoms with van der Waals surface area (Å²) in [5, 5.41) is 0. The number of hydrogen-bond acceptors (Lipinski definition) is 1. The van der Waals surface area contributed by atoms with Gasteiger partial charge >= 0.3 is 0 Å². The molecule has 0 bridgehead atoms. The van der Waals surface area contributed by atoms with Crippen LogP contribution in [0.2, 0.25) is 0 Å². The molecule has 1 saturated carbocycles. The van der Waals surface area contributed by atoms with Gasteiger partial charge in [0, 0.05) is 30.4 Å². The van der Waals surface area contributed by atoms with Crippen molar-refractivity contribution in [2.24, 2.45) is 5.73 Å². The van der Waals surface area contributed by atoms with Gasteiger partial charge in [0.05, 0.1) is 0 Å². The number of rotatable bonds is 2. The average molecular weight is 287 g/mol. The summed E-state index contributed by atoms with van der Waals surface area (Å²) >= 11 is 0. The molecule has 0 unspecified atom stereocenters. The molecule has 0 spiro atoms. The first-order valence-electron chi connectivity index (χ1n) is 5.25. The average Bonchev–Trinajstić information content (AvgIpc) is 2.31. The number of benzene rings is 1. The van der Waals surface area contributed by atoms with Gasteiger partial charge in [-0.3, -0.25) is 0 Å². The Hall–Kier alpha value is -1.31. The lowest BCUT2D eigenvalue weighted by Crippen LogP contribution is -2.54. The van der Waals surface area contributed by atoms with Crippen LogP contribution >= 0.6 is 0 Å². The van der Waals surface area contributed by atoms with E-state index in [-0.39, 0.29) is 0 Å². The van der Waals surface area contributed by atoms with Gasteiger partial charge in [-0.2, -0.15) is 0 Å². The van der Waals surface area contributed by atoms with Crippen LogP contribution in [0.4, 0.5) is 30.7 Å². The fraction of sp³-hybridized carbons (Fsp3) is 0.455. The van der Waals surface area contributed by atoms with E-state index in [0.717, 1.165) is 0 Å². The molecule has 8 heteroatoms. The highest BCUT2D eigenvalue weighted by Crippen LogP contribution is 2.54. The molecular weight excluding hydrogens is 279 g/mol. The maximum Gasteiger partial charge on any atom is 0.250 e. The second-order valence-electron chi connectivity index (χ2n) is 4.64. The predicted molar refractivity (Wildman–Crippen MR) is 51.1 cm³/mol. The summed E-state index contributed by atoms with van der Waals surface area (Å²) in [4.78, 5) is 0. The third kappa shape index (κ3) is 1.89. The Balaban J connectivity index is 2.64. The van der Waals surface area contributed by atoms with Gasteiger partial charge in [-0.1, -0.05) is 0 Å². The van der Waals surface area contributed by atoms with Gasteiger partial charge in [-0.25, -0.2) is 30.7 Å². The maximum atomic E-state index is 13.5. The van der Waals surface area contributed by atoms with Gasteiger partial charge < -0.3 is 5.73 Å². The standard InChI is InChI=1S/C11H8F7N/c12-5-4(6(13)8(15)9(16)7(5)14)10(3-19)1-11(17,18)2-10/h1-3,19H2. The molecule has 1 fully saturated rings. The van der Waals surface area contributed by atoms with Crippen LogP contribution in [0.1, 0.15) is 18.4 Å². The third-order valence-electron chi connectivity index (χ3n) is 3.32. The van der Waals surface area contributed by atoms with Gasteiger partial charge in [-0.05, 0) is 0 Å². The molecule has 1 nitrogen and oxygen atoms in total. The molecule has 1 aromatic carbocycles. The Labute approximate surface area is 103 Å². The van der Waals surface area contributed by atoms with E-state index in [9.17, 15) is 30.7 Å². The molecule has 2 rings (SSSR count). The summed E-state index contributed by atoms with van der Waals surface area (Å²) in [5.41, 5.74) is 2.02. The zero-order valence-corrected chi connectivity index (χ0v) is 9.34. The molecule has 0 radical (unpaired) electrons. The highest BCUT2D eigenvalue weighted by atomic mass is 19.3. The molecular formula is C11H8F7N. The minimum atomic E-state index is -3.22. The van der Waals surface area contributed by atoms with E-state index in [1.165, 1.54) is 0 Å². The van der Waals surface area contributed by atoms with Crippen LogP contribution in [0.3, 0.4) is 0 Å². The molecule has 106 valence electrons. The Morgan fingerprint density at radius 2 is 1.16 bits per heavy atom. The number of nitrogens with two attached hydrogens (primary N) is 1. The second kappa shape index (κ2) is 4.09. The zero-order chi connectivity index (χ0) is 14.6. The molecule has 1 aliphatic rings. The minimum absolute atomic E-state index is 0.638. The largest absolute Gasteiger partial charge is 0.330 e.